The molecule has 1 heterocycles. The SMILES string of the molecule is C[C@H](Oc1ccccc1)C(=O)NC[C@@](C)(O)c1cc2ccccc2o1. The van der Waals surface area contributed by atoms with Gasteiger partial charge in [-0.3, -0.25) is 4.79 Å². The molecule has 0 fully saturated rings. The fourth-order valence-corrected chi connectivity index (χ4v) is 2.49. The standard InChI is InChI=1S/C20H21NO4/c1-14(24-16-9-4-3-5-10-16)19(22)21-13-20(2,23)18-12-15-8-6-7-11-17(15)25-18/h3-12,14,23H,13H2,1-2H3,(H,21,22)/t14-,20+/m0/s1. The number of hydrogen-bond acceptors (Lipinski definition) is 4. The van der Waals surface area contributed by atoms with E-state index in [1.165, 1.54) is 0 Å². The minimum absolute atomic E-state index is 0.0220. The normalized spacial score (nSPS) is 14.7. The number of amides is 1. The van der Waals surface area contributed by atoms with Crippen LogP contribution in [0.2, 0.25) is 0 Å². The quantitative estimate of drug-likeness (QED) is 0.723. The number of aliphatic hydroxyl groups is 1. The third-order valence-corrected chi connectivity index (χ3v) is 3.99. The zero-order valence-corrected chi connectivity index (χ0v) is 14.2. The van der Waals surface area contributed by atoms with Crippen LogP contribution in [0.25, 0.3) is 11.0 Å². The third kappa shape index (κ3) is 4.00. The van der Waals surface area contributed by atoms with Crippen LogP contribution in [0.4, 0.5) is 0 Å². The van der Waals surface area contributed by atoms with Gasteiger partial charge in [-0.1, -0.05) is 36.4 Å². The van der Waals surface area contributed by atoms with E-state index < -0.39 is 11.7 Å². The molecule has 0 bridgehead atoms. The van der Waals surface area contributed by atoms with Gasteiger partial charge in [-0.25, -0.2) is 0 Å². The molecular formula is C20H21NO4. The van der Waals surface area contributed by atoms with Crippen LogP contribution in [0, 0.1) is 0 Å². The van der Waals surface area contributed by atoms with Crippen molar-refractivity contribution in [1.82, 2.24) is 5.32 Å². The molecule has 0 aliphatic rings. The van der Waals surface area contributed by atoms with E-state index in [1.807, 2.05) is 42.5 Å². The van der Waals surface area contributed by atoms with Crippen molar-refractivity contribution in [2.45, 2.75) is 25.6 Å². The maximum absolute atomic E-state index is 12.2. The molecule has 3 rings (SSSR count). The number of nitrogens with one attached hydrogen (secondary N) is 1. The molecule has 0 aliphatic heterocycles. The number of rotatable bonds is 6. The minimum atomic E-state index is -1.32. The van der Waals surface area contributed by atoms with Gasteiger partial charge in [0.15, 0.2) is 6.10 Å². The summed E-state index contributed by atoms with van der Waals surface area (Å²) in [5.74, 6) is 0.722. The van der Waals surface area contributed by atoms with Gasteiger partial charge in [0.05, 0.1) is 6.54 Å². The molecular weight excluding hydrogens is 318 g/mol. The molecule has 25 heavy (non-hydrogen) atoms. The van der Waals surface area contributed by atoms with Gasteiger partial charge in [0.1, 0.15) is 22.7 Å². The van der Waals surface area contributed by atoms with Crippen molar-refractivity contribution in [2.75, 3.05) is 6.54 Å². The van der Waals surface area contributed by atoms with Crippen molar-refractivity contribution >= 4 is 16.9 Å². The van der Waals surface area contributed by atoms with Gasteiger partial charge in [0, 0.05) is 5.39 Å². The van der Waals surface area contributed by atoms with Gasteiger partial charge in [0.25, 0.3) is 5.91 Å². The van der Waals surface area contributed by atoms with E-state index in [9.17, 15) is 9.90 Å². The Hall–Kier alpha value is -2.79. The lowest BCUT2D eigenvalue weighted by molar-refractivity contribution is -0.128. The average molecular weight is 339 g/mol. The molecule has 2 N–H and O–H groups in total. The molecule has 0 spiro atoms. The van der Waals surface area contributed by atoms with E-state index in [1.54, 1.807) is 32.0 Å². The van der Waals surface area contributed by atoms with E-state index in [0.29, 0.717) is 17.1 Å². The Kier molecular flexibility index (Phi) is 4.76. The van der Waals surface area contributed by atoms with Crippen molar-refractivity contribution in [2.24, 2.45) is 0 Å². The molecule has 2 atom stereocenters. The van der Waals surface area contributed by atoms with E-state index in [2.05, 4.69) is 5.32 Å². The van der Waals surface area contributed by atoms with Crippen molar-refractivity contribution in [3.8, 4) is 5.75 Å². The number of fused-ring (bicyclic) bond motifs is 1. The van der Waals surface area contributed by atoms with Gasteiger partial charge < -0.3 is 19.6 Å². The highest BCUT2D eigenvalue weighted by atomic mass is 16.5. The van der Waals surface area contributed by atoms with Crippen molar-refractivity contribution in [1.29, 1.82) is 0 Å². The first-order valence-corrected chi connectivity index (χ1v) is 8.16. The van der Waals surface area contributed by atoms with Crippen LogP contribution in [-0.4, -0.2) is 23.7 Å². The summed E-state index contributed by atoms with van der Waals surface area (Å²) in [5, 5.41) is 14.3. The third-order valence-electron chi connectivity index (χ3n) is 3.99. The van der Waals surface area contributed by atoms with Gasteiger partial charge >= 0.3 is 0 Å². The molecule has 2 aromatic carbocycles. The van der Waals surface area contributed by atoms with Crippen molar-refractivity contribution in [3.05, 3.63) is 66.4 Å². The minimum Gasteiger partial charge on any atom is -0.481 e. The van der Waals surface area contributed by atoms with Crippen LogP contribution in [0.15, 0.2) is 65.1 Å². The number of hydrogen-bond donors (Lipinski definition) is 2. The molecule has 1 amide bonds. The van der Waals surface area contributed by atoms with E-state index >= 15 is 0 Å². The second-order valence-electron chi connectivity index (χ2n) is 6.21. The number of benzene rings is 2. The van der Waals surface area contributed by atoms with Gasteiger partial charge in [-0.15, -0.1) is 0 Å². The summed E-state index contributed by atoms with van der Waals surface area (Å²) in [4.78, 5) is 12.2. The lowest BCUT2D eigenvalue weighted by atomic mass is 10.0. The topological polar surface area (TPSA) is 71.7 Å². The van der Waals surface area contributed by atoms with E-state index in [-0.39, 0.29) is 12.5 Å². The molecule has 5 heteroatoms. The van der Waals surface area contributed by atoms with Gasteiger partial charge in [0.2, 0.25) is 0 Å². The summed E-state index contributed by atoms with van der Waals surface area (Å²) >= 11 is 0. The van der Waals surface area contributed by atoms with Gasteiger partial charge in [-0.2, -0.15) is 0 Å². The van der Waals surface area contributed by atoms with Crippen molar-refractivity contribution in [3.63, 3.8) is 0 Å². The molecule has 1 aromatic heterocycles. The van der Waals surface area contributed by atoms with Crippen LogP contribution in [0.5, 0.6) is 5.75 Å². The zero-order valence-electron chi connectivity index (χ0n) is 14.2. The smallest absolute Gasteiger partial charge is 0.260 e. The van der Waals surface area contributed by atoms with Crippen LogP contribution >= 0.6 is 0 Å². The highest BCUT2D eigenvalue weighted by molar-refractivity contribution is 5.81. The second-order valence-corrected chi connectivity index (χ2v) is 6.21. The van der Waals surface area contributed by atoms with E-state index in [0.717, 1.165) is 5.39 Å². The maximum atomic E-state index is 12.2. The Bertz CT molecular complexity index is 821. The fourth-order valence-electron chi connectivity index (χ4n) is 2.49. The number of carbonyl (C=O) groups is 1. The Balaban J connectivity index is 1.62. The maximum Gasteiger partial charge on any atom is 0.260 e. The van der Waals surface area contributed by atoms with Crippen LogP contribution in [-0.2, 0) is 10.4 Å². The first-order valence-electron chi connectivity index (χ1n) is 8.16. The summed E-state index contributed by atoms with van der Waals surface area (Å²) < 4.78 is 11.3. The predicted octanol–water partition coefficient (Wildman–Crippen LogP) is 3.22. The highest BCUT2D eigenvalue weighted by Crippen LogP contribution is 2.27. The number of furan rings is 1. The van der Waals surface area contributed by atoms with Gasteiger partial charge in [-0.05, 0) is 38.1 Å². The van der Waals surface area contributed by atoms with Crippen LogP contribution < -0.4 is 10.1 Å². The summed E-state index contributed by atoms with van der Waals surface area (Å²) in [6, 6.07) is 18.4. The largest absolute Gasteiger partial charge is 0.481 e. The first kappa shape index (κ1) is 17.0. The number of ether oxygens (including phenoxy) is 1. The Morgan fingerprint density at radius 2 is 1.88 bits per heavy atom. The van der Waals surface area contributed by atoms with E-state index in [4.69, 9.17) is 9.15 Å². The zero-order chi connectivity index (χ0) is 17.9. The Morgan fingerprint density at radius 3 is 2.60 bits per heavy atom. The summed E-state index contributed by atoms with van der Waals surface area (Å²) in [6.45, 7) is 3.29. The number of carbonyl (C=O) groups excluding carboxylic acids is 1. The lowest BCUT2D eigenvalue weighted by Crippen LogP contribution is -2.43. The fraction of sp³-hybridized carbons (Fsp3) is 0.250. The lowest BCUT2D eigenvalue weighted by Gasteiger charge is -2.22. The molecule has 5 nitrogen and oxygen atoms in total. The molecule has 0 unspecified atom stereocenters. The average Bonchev–Trinajstić information content (AvgIpc) is 3.06. The number of para-hydroxylation sites is 2. The summed E-state index contributed by atoms with van der Waals surface area (Å²) in [5.41, 5.74) is -0.619. The molecule has 0 radical (unpaired) electrons. The predicted molar refractivity (Wildman–Crippen MR) is 95.3 cm³/mol. The molecule has 0 saturated heterocycles. The van der Waals surface area contributed by atoms with Crippen LogP contribution in [0.1, 0.15) is 19.6 Å². The second kappa shape index (κ2) is 6.99. The summed E-state index contributed by atoms with van der Waals surface area (Å²) in [6.07, 6.45) is -0.672. The van der Waals surface area contributed by atoms with Crippen molar-refractivity contribution < 1.29 is 19.1 Å². The highest BCUT2D eigenvalue weighted by Gasteiger charge is 2.29. The molecule has 3 aromatic rings. The first-order chi connectivity index (χ1) is 12.0. The molecule has 0 aliphatic carbocycles. The molecule has 0 saturated carbocycles. The Labute approximate surface area is 146 Å². The Morgan fingerprint density at radius 1 is 1.20 bits per heavy atom. The monoisotopic (exact) mass is 339 g/mol. The summed E-state index contributed by atoms with van der Waals surface area (Å²) in [7, 11) is 0. The van der Waals surface area contributed by atoms with Crippen LogP contribution in [0.3, 0.4) is 0 Å². The molecule has 130 valence electrons.